The van der Waals surface area contributed by atoms with E-state index in [0.29, 0.717) is 5.39 Å². The predicted octanol–water partition coefficient (Wildman–Crippen LogP) is 9.27. The van der Waals surface area contributed by atoms with Gasteiger partial charge in [0.15, 0.2) is 0 Å². The van der Waals surface area contributed by atoms with Gasteiger partial charge in [0, 0.05) is 37.8 Å². The van der Waals surface area contributed by atoms with Crippen molar-refractivity contribution >= 4 is 49.2 Å². The number of hydrogen-bond donors (Lipinski definition) is 0. The summed E-state index contributed by atoms with van der Waals surface area (Å²) in [5.74, 6) is 6.24. The first-order valence-electron chi connectivity index (χ1n) is 13.4. The van der Waals surface area contributed by atoms with E-state index >= 15 is 0 Å². The zero-order chi connectivity index (χ0) is 28.5. The molecule has 2 nitrogen and oxygen atoms in total. The van der Waals surface area contributed by atoms with Gasteiger partial charge < -0.3 is 4.98 Å². The molecule has 0 saturated heterocycles. The number of pyridine rings is 2. The van der Waals surface area contributed by atoms with E-state index in [1.54, 1.807) is 23.6 Å². The predicted molar refractivity (Wildman–Crippen MR) is 167 cm³/mol. The summed E-state index contributed by atoms with van der Waals surface area (Å²) in [6, 6.07) is 31.4. The van der Waals surface area contributed by atoms with Gasteiger partial charge in [-0.05, 0) is 34.5 Å². The van der Waals surface area contributed by atoms with Gasteiger partial charge in [-0.1, -0.05) is 36.9 Å². The van der Waals surface area contributed by atoms with Gasteiger partial charge in [0.1, 0.15) is 5.82 Å². The van der Waals surface area contributed by atoms with Crippen LogP contribution in [0.1, 0.15) is 26.7 Å². The Morgan fingerprint density at radius 3 is 2.40 bits per heavy atom. The second kappa shape index (κ2) is 12.9. The zero-order valence-corrected chi connectivity index (χ0v) is 28.5. The number of fused-ring (bicyclic) bond motifs is 3. The number of rotatable bonds is 4. The molecule has 0 saturated carbocycles. The molecule has 3 aromatic carbocycles. The fourth-order valence-electron chi connectivity index (χ4n) is 4.37. The number of aromatic nitrogens is 2. The van der Waals surface area contributed by atoms with Crippen LogP contribution in [0.5, 0.6) is 0 Å². The van der Waals surface area contributed by atoms with Crippen molar-refractivity contribution in [3.63, 3.8) is 0 Å². The molecule has 6 aromatic rings. The summed E-state index contributed by atoms with van der Waals surface area (Å²) in [5.41, 5.74) is 4.60. The Morgan fingerprint density at radius 1 is 0.900 bits per heavy atom. The van der Waals surface area contributed by atoms with E-state index in [0.717, 1.165) is 42.9 Å². The minimum Gasteiger partial charge on any atom is 0 e. The van der Waals surface area contributed by atoms with Crippen LogP contribution in [0.15, 0.2) is 91.3 Å². The molecule has 0 atom stereocenters. The Labute approximate surface area is 257 Å². The molecule has 6 rings (SSSR count). The topological polar surface area (TPSA) is 25.8 Å². The zero-order valence-electron chi connectivity index (χ0n) is 24.2. The number of nitrogens with zero attached hydrogens (tertiary/aromatic N) is 2. The second-order valence-electron chi connectivity index (χ2n) is 10.7. The van der Waals surface area contributed by atoms with Gasteiger partial charge in [-0.2, -0.15) is 11.3 Å². The van der Waals surface area contributed by atoms with Gasteiger partial charge in [-0.25, -0.2) is 4.39 Å². The third-order valence-corrected chi connectivity index (χ3v) is 12.1. The van der Waals surface area contributed by atoms with Gasteiger partial charge >= 0.3 is 99.8 Å². The average molecular weight is 785 g/mol. The molecule has 0 N–H and O–H groups in total. The molecule has 0 aliphatic carbocycles. The smallest absolute Gasteiger partial charge is 0 e. The Hall–Kier alpha value is -2.70. The fraction of sp³-hybridized carbons (Fsp3) is 0.176. The number of benzene rings is 3. The largest absolute Gasteiger partial charge is 0 e. The SMILES string of the molecule is [2H]C(C)(C)c1ccnc(-c2[c-]ccc3c2sc2cccc(F)c23)c1.[CH3][Ge]([CH3])([CH3])[c]1ccc(-c2[c-]cccc2)nc1.[Ir]. The number of halogens is 1. The molecule has 1 radical (unpaired) electrons. The monoisotopic (exact) mass is 786 g/mol. The van der Waals surface area contributed by atoms with E-state index in [4.69, 9.17) is 1.37 Å². The maximum absolute atomic E-state index is 14.3. The van der Waals surface area contributed by atoms with Crippen molar-refractivity contribution in [3.8, 4) is 22.5 Å². The van der Waals surface area contributed by atoms with E-state index in [2.05, 4.69) is 51.5 Å². The van der Waals surface area contributed by atoms with Crippen molar-refractivity contribution in [1.29, 1.82) is 0 Å². The molecule has 0 fully saturated rings. The first-order chi connectivity index (χ1) is 19.0. The molecular weight excluding hydrogens is 752 g/mol. The van der Waals surface area contributed by atoms with Crippen molar-refractivity contribution in [2.45, 2.75) is 37.0 Å². The van der Waals surface area contributed by atoms with E-state index in [9.17, 15) is 4.39 Å². The van der Waals surface area contributed by atoms with Crippen molar-refractivity contribution in [1.82, 2.24) is 9.97 Å². The minimum atomic E-state index is -1.72. The van der Waals surface area contributed by atoms with Crippen LogP contribution >= 0.6 is 11.3 Å². The molecule has 40 heavy (non-hydrogen) atoms. The number of hydrogen-bond acceptors (Lipinski definition) is 3. The van der Waals surface area contributed by atoms with Gasteiger partial charge in [0.2, 0.25) is 0 Å². The average Bonchev–Trinajstić information content (AvgIpc) is 3.33. The number of thiophene rings is 1. The fourth-order valence-corrected chi connectivity index (χ4v) is 7.76. The molecule has 205 valence electrons. The molecule has 0 aliphatic heterocycles. The van der Waals surface area contributed by atoms with E-state index in [-0.39, 0.29) is 25.9 Å². The minimum absolute atomic E-state index is 0. The summed E-state index contributed by atoms with van der Waals surface area (Å²) in [6.07, 6.45) is 3.76. The van der Waals surface area contributed by atoms with Crippen molar-refractivity contribution in [2.75, 3.05) is 0 Å². The molecular formula is C34H31FGeIrN2S-2. The molecule has 0 amide bonds. The maximum Gasteiger partial charge on any atom is 0 e. The van der Waals surface area contributed by atoms with E-state index < -0.39 is 19.2 Å². The summed E-state index contributed by atoms with van der Waals surface area (Å²) in [5, 5.41) is 1.55. The van der Waals surface area contributed by atoms with Gasteiger partial charge in [0.25, 0.3) is 0 Å². The summed E-state index contributed by atoms with van der Waals surface area (Å²) in [4.78, 5) is 9.00. The molecule has 0 aliphatic rings. The molecule has 3 aromatic heterocycles. The van der Waals surface area contributed by atoms with E-state index in [1.165, 1.54) is 10.5 Å². The van der Waals surface area contributed by atoms with Crippen LogP contribution in [-0.4, -0.2) is 23.2 Å². The Kier molecular flexibility index (Phi) is 9.27. The van der Waals surface area contributed by atoms with Gasteiger partial charge in [-0.3, -0.25) is 0 Å². The molecule has 0 bridgehead atoms. The van der Waals surface area contributed by atoms with Crippen LogP contribution in [0.2, 0.25) is 17.3 Å². The van der Waals surface area contributed by atoms with Gasteiger partial charge in [-0.15, -0.1) is 23.8 Å². The Morgan fingerprint density at radius 2 is 1.73 bits per heavy atom. The quantitative estimate of drug-likeness (QED) is 0.132. The van der Waals surface area contributed by atoms with Crippen LogP contribution in [0, 0.1) is 17.9 Å². The van der Waals surface area contributed by atoms with Crippen LogP contribution < -0.4 is 4.40 Å². The molecule has 3 heterocycles. The first kappa shape index (κ1) is 28.8. The maximum atomic E-state index is 14.3. The molecule has 0 unspecified atom stereocenters. The van der Waals surface area contributed by atoms with Gasteiger partial charge in [0.05, 0.1) is 0 Å². The first-order valence-corrected chi connectivity index (χ1v) is 21.1. The Balaban J connectivity index is 0.000000200. The summed E-state index contributed by atoms with van der Waals surface area (Å²) >= 11 is -0.163. The molecule has 6 heteroatoms. The third-order valence-electron chi connectivity index (χ3n) is 6.61. The summed E-state index contributed by atoms with van der Waals surface area (Å²) in [7, 11) is 0. The standard InChI is InChI=1S/C20H15FNS.C14H16GeN.Ir/c1-12(2)13-9-10-22-17(11-13)14-5-3-6-15-19-16(21)7-4-8-18(19)23-20(14)15;1-15(2,3)13-9-10-14(16-11-13)12-7-5-4-6-8-12;/h3-4,6-12H,1-2H3;4-7,9-11H,1-3H3;/q2*-1;/i12D;;. The normalized spacial score (nSPS) is 11.9. The summed E-state index contributed by atoms with van der Waals surface area (Å²) < 4.78 is 25.8. The van der Waals surface area contributed by atoms with Crippen LogP contribution in [0.3, 0.4) is 0 Å². The van der Waals surface area contributed by atoms with Crippen LogP contribution in [0.25, 0.3) is 42.7 Å². The van der Waals surface area contributed by atoms with E-state index in [1.807, 2.05) is 74.6 Å². The second-order valence-corrected chi connectivity index (χ2v) is 22.4. The molecule has 0 spiro atoms. The van der Waals surface area contributed by atoms with Crippen molar-refractivity contribution in [2.24, 2.45) is 0 Å². The summed E-state index contributed by atoms with van der Waals surface area (Å²) in [6.45, 7) is 3.70. The third kappa shape index (κ3) is 6.61. The Bertz CT molecular complexity index is 1780. The van der Waals surface area contributed by atoms with Crippen molar-refractivity contribution in [3.05, 3.63) is 115 Å². The van der Waals surface area contributed by atoms with Crippen LogP contribution in [0.4, 0.5) is 4.39 Å². The van der Waals surface area contributed by atoms with Crippen molar-refractivity contribution < 1.29 is 25.9 Å². The van der Waals surface area contributed by atoms with Crippen LogP contribution in [-0.2, 0) is 20.1 Å².